The number of hydrogen-bond donors (Lipinski definition) is 1. The van der Waals surface area contributed by atoms with Gasteiger partial charge in [0, 0.05) is 23.7 Å². The zero-order valence-corrected chi connectivity index (χ0v) is 11.5. The third-order valence-electron chi connectivity index (χ3n) is 3.51. The molecular formula is C13H15ClN2O4. The summed E-state index contributed by atoms with van der Waals surface area (Å²) in [5.74, 6) is -0.855. The molecule has 0 spiro atoms. The number of non-ortho nitro benzene ring substituents is 1. The van der Waals surface area contributed by atoms with E-state index in [1.54, 1.807) is 0 Å². The summed E-state index contributed by atoms with van der Waals surface area (Å²) in [6.45, 7) is 0.980. The lowest BCUT2D eigenvalue weighted by atomic mass is 10.0. The largest absolute Gasteiger partial charge is 0.480 e. The van der Waals surface area contributed by atoms with Crippen molar-refractivity contribution in [1.29, 1.82) is 0 Å². The van der Waals surface area contributed by atoms with Crippen molar-refractivity contribution in [1.82, 2.24) is 4.90 Å². The lowest BCUT2D eigenvalue weighted by Gasteiger charge is -2.32. The summed E-state index contributed by atoms with van der Waals surface area (Å²) < 4.78 is 0. The number of halogens is 1. The van der Waals surface area contributed by atoms with Gasteiger partial charge in [0.25, 0.3) is 5.69 Å². The van der Waals surface area contributed by atoms with Crippen molar-refractivity contribution in [2.75, 3.05) is 6.54 Å². The van der Waals surface area contributed by atoms with E-state index >= 15 is 0 Å². The maximum absolute atomic E-state index is 11.2. The van der Waals surface area contributed by atoms with Crippen LogP contribution in [0.3, 0.4) is 0 Å². The summed E-state index contributed by atoms with van der Waals surface area (Å²) in [4.78, 5) is 23.4. The topological polar surface area (TPSA) is 83.7 Å². The van der Waals surface area contributed by atoms with E-state index in [1.807, 2.05) is 4.90 Å². The van der Waals surface area contributed by atoms with Crippen LogP contribution in [0.15, 0.2) is 18.2 Å². The van der Waals surface area contributed by atoms with E-state index in [-0.39, 0.29) is 5.69 Å². The van der Waals surface area contributed by atoms with Crippen LogP contribution in [0.2, 0.25) is 5.02 Å². The molecule has 0 saturated carbocycles. The molecule has 1 unspecified atom stereocenters. The first-order chi connectivity index (χ1) is 9.49. The molecule has 0 radical (unpaired) electrons. The van der Waals surface area contributed by atoms with Crippen molar-refractivity contribution in [2.45, 2.75) is 31.8 Å². The first-order valence-corrected chi connectivity index (χ1v) is 6.76. The van der Waals surface area contributed by atoms with Crippen LogP contribution in [0.4, 0.5) is 5.69 Å². The predicted octanol–water partition coefficient (Wildman–Crippen LogP) is 2.69. The Bertz CT molecular complexity index is 535. The second-order valence-corrected chi connectivity index (χ2v) is 5.26. The molecule has 20 heavy (non-hydrogen) atoms. The number of carboxylic acids is 1. The molecule has 2 rings (SSSR count). The molecule has 1 fully saturated rings. The van der Waals surface area contributed by atoms with Crippen molar-refractivity contribution in [3.8, 4) is 0 Å². The number of nitro benzene ring substituents is 1. The number of likely N-dealkylation sites (tertiary alicyclic amines) is 1. The summed E-state index contributed by atoms with van der Waals surface area (Å²) >= 11 is 6.05. The fraction of sp³-hybridized carbons (Fsp3) is 0.462. The van der Waals surface area contributed by atoms with Crippen LogP contribution in [-0.2, 0) is 11.3 Å². The van der Waals surface area contributed by atoms with E-state index in [2.05, 4.69) is 0 Å². The van der Waals surface area contributed by atoms with Gasteiger partial charge in [-0.15, -0.1) is 0 Å². The highest BCUT2D eigenvalue weighted by Gasteiger charge is 2.29. The van der Waals surface area contributed by atoms with Crippen LogP contribution < -0.4 is 0 Å². The quantitative estimate of drug-likeness (QED) is 0.682. The summed E-state index contributed by atoms with van der Waals surface area (Å²) in [7, 11) is 0. The highest BCUT2D eigenvalue weighted by molar-refractivity contribution is 6.31. The lowest BCUT2D eigenvalue weighted by molar-refractivity contribution is -0.384. The van der Waals surface area contributed by atoms with Gasteiger partial charge in [0.15, 0.2) is 0 Å². The van der Waals surface area contributed by atoms with Gasteiger partial charge < -0.3 is 5.11 Å². The Morgan fingerprint density at radius 1 is 1.50 bits per heavy atom. The minimum atomic E-state index is -0.855. The van der Waals surface area contributed by atoms with Gasteiger partial charge in [-0.05, 0) is 31.0 Å². The normalized spacial score (nSPS) is 19.8. The number of rotatable bonds is 4. The fourth-order valence-corrected chi connectivity index (χ4v) is 2.65. The Balaban J connectivity index is 2.21. The van der Waals surface area contributed by atoms with Gasteiger partial charge in [0.05, 0.1) is 4.92 Å². The van der Waals surface area contributed by atoms with E-state index in [9.17, 15) is 20.0 Å². The molecule has 1 N–H and O–H groups in total. The Morgan fingerprint density at radius 2 is 2.25 bits per heavy atom. The molecule has 1 aliphatic rings. The molecule has 0 bridgehead atoms. The van der Waals surface area contributed by atoms with Crippen molar-refractivity contribution in [3.05, 3.63) is 38.9 Å². The zero-order valence-electron chi connectivity index (χ0n) is 10.8. The van der Waals surface area contributed by atoms with Crippen molar-refractivity contribution in [2.24, 2.45) is 0 Å². The average molecular weight is 299 g/mol. The van der Waals surface area contributed by atoms with E-state index in [0.29, 0.717) is 30.1 Å². The minimum absolute atomic E-state index is 0.0340. The predicted molar refractivity (Wildman–Crippen MR) is 73.8 cm³/mol. The van der Waals surface area contributed by atoms with Gasteiger partial charge in [0.1, 0.15) is 6.04 Å². The Hall–Kier alpha value is -1.66. The smallest absolute Gasteiger partial charge is 0.320 e. The molecular weight excluding hydrogens is 284 g/mol. The van der Waals surface area contributed by atoms with E-state index in [0.717, 1.165) is 12.8 Å². The van der Waals surface area contributed by atoms with Gasteiger partial charge >= 0.3 is 5.97 Å². The highest BCUT2D eigenvalue weighted by Crippen LogP contribution is 2.26. The summed E-state index contributed by atoms with van der Waals surface area (Å²) in [5.41, 5.74) is 0.558. The second kappa shape index (κ2) is 6.19. The lowest BCUT2D eigenvalue weighted by Crippen LogP contribution is -2.44. The average Bonchev–Trinajstić information content (AvgIpc) is 2.41. The molecule has 1 aromatic carbocycles. The summed E-state index contributed by atoms with van der Waals surface area (Å²) in [6.07, 6.45) is 2.41. The molecule has 0 aromatic heterocycles. The van der Waals surface area contributed by atoms with Gasteiger partial charge in [-0.1, -0.05) is 18.0 Å². The summed E-state index contributed by atoms with van der Waals surface area (Å²) in [6, 6.07) is 3.69. The second-order valence-electron chi connectivity index (χ2n) is 4.85. The molecule has 1 aromatic rings. The number of aliphatic carboxylic acids is 1. The van der Waals surface area contributed by atoms with Crippen molar-refractivity contribution < 1.29 is 14.8 Å². The van der Waals surface area contributed by atoms with Crippen LogP contribution in [0.5, 0.6) is 0 Å². The van der Waals surface area contributed by atoms with Crippen LogP contribution in [0.1, 0.15) is 24.8 Å². The van der Waals surface area contributed by atoms with E-state index in [4.69, 9.17) is 11.6 Å². The standard InChI is InChI=1S/C13H15ClN2O4/c14-11-5-4-10(16(19)20)7-9(11)8-15-6-2-1-3-12(15)13(17)18/h4-5,7,12H,1-3,6,8H2,(H,17,18). The van der Waals surface area contributed by atoms with E-state index in [1.165, 1.54) is 18.2 Å². The Kier molecular flexibility index (Phi) is 4.57. The molecule has 6 nitrogen and oxygen atoms in total. The monoisotopic (exact) mass is 298 g/mol. The van der Waals surface area contributed by atoms with Crippen LogP contribution >= 0.6 is 11.6 Å². The number of carbonyl (C=O) groups is 1. The third kappa shape index (κ3) is 3.26. The maximum atomic E-state index is 11.2. The number of nitrogens with zero attached hydrogens (tertiary/aromatic N) is 2. The highest BCUT2D eigenvalue weighted by atomic mass is 35.5. The third-order valence-corrected chi connectivity index (χ3v) is 3.88. The Morgan fingerprint density at radius 3 is 2.90 bits per heavy atom. The minimum Gasteiger partial charge on any atom is -0.480 e. The number of nitro groups is 1. The molecule has 1 aliphatic heterocycles. The first kappa shape index (κ1) is 14.7. The zero-order chi connectivity index (χ0) is 14.7. The SMILES string of the molecule is O=C(O)C1CCCCN1Cc1cc([N+](=O)[O-])ccc1Cl. The first-order valence-electron chi connectivity index (χ1n) is 6.38. The molecule has 0 aliphatic carbocycles. The molecule has 1 heterocycles. The van der Waals surface area contributed by atoms with Crippen molar-refractivity contribution in [3.63, 3.8) is 0 Å². The number of benzene rings is 1. The number of piperidine rings is 1. The van der Waals surface area contributed by atoms with Crippen LogP contribution in [0.25, 0.3) is 0 Å². The molecule has 108 valence electrons. The van der Waals surface area contributed by atoms with E-state index < -0.39 is 16.9 Å². The van der Waals surface area contributed by atoms with Gasteiger partial charge in [-0.3, -0.25) is 19.8 Å². The van der Waals surface area contributed by atoms with Crippen LogP contribution in [-0.4, -0.2) is 33.5 Å². The fourth-order valence-electron chi connectivity index (χ4n) is 2.47. The maximum Gasteiger partial charge on any atom is 0.320 e. The molecule has 1 saturated heterocycles. The Labute approximate surface area is 121 Å². The molecule has 7 heteroatoms. The number of carboxylic acid groups (broad SMARTS) is 1. The van der Waals surface area contributed by atoms with Crippen LogP contribution in [0, 0.1) is 10.1 Å². The van der Waals surface area contributed by atoms with Gasteiger partial charge in [0.2, 0.25) is 0 Å². The van der Waals surface area contributed by atoms with Crippen molar-refractivity contribution >= 4 is 23.3 Å². The molecule has 1 atom stereocenters. The summed E-state index contributed by atoms with van der Waals surface area (Å²) in [5, 5.41) is 20.4. The number of hydrogen-bond acceptors (Lipinski definition) is 4. The van der Waals surface area contributed by atoms with Gasteiger partial charge in [-0.2, -0.15) is 0 Å². The molecule has 0 amide bonds. The van der Waals surface area contributed by atoms with Gasteiger partial charge in [-0.25, -0.2) is 0 Å².